The fourth-order valence-electron chi connectivity index (χ4n) is 1.53. The summed E-state index contributed by atoms with van der Waals surface area (Å²) in [5, 5.41) is 0. The highest BCUT2D eigenvalue weighted by molar-refractivity contribution is 5.89. The molecule has 0 spiro atoms. The molecule has 0 fully saturated rings. The highest BCUT2D eigenvalue weighted by Crippen LogP contribution is 2.06. The van der Waals surface area contributed by atoms with Crippen LogP contribution in [-0.2, 0) is 4.74 Å². The number of carbonyl (C=O) groups excluding carboxylic acids is 1. The third-order valence-electron chi connectivity index (χ3n) is 2.45. The highest BCUT2D eigenvalue weighted by atomic mass is 19.1. The molecule has 20 heavy (non-hydrogen) atoms. The first-order chi connectivity index (χ1) is 9.69. The van der Waals surface area contributed by atoms with Gasteiger partial charge in [-0.15, -0.1) is 0 Å². The number of nitrogens with zero attached hydrogens (tertiary/aromatic N) is 1. The van der Waals surface area contributed by atoms with Gasteiger partial charge < -0.3 is 4.74 Å². The monoisotopic (exact) mass is 269 g/mol. The standard InChI is InChI=1S/C16H12FNO2/c1-2-20-16(19)14-5-3-4-12(10-14)6-7-13-8-9-15(17)18-11-13/h3-5,8-11H,2H2,1H3. The molecule has 1 aromatic carbocycles. The minimum atomic E-state index is -0.542. The normalized spacial score (nSPS) is 9.50. The van der Waals surface area contributed by atoms with E-state index in [0.29, 0.717) is 23.3 Å². The summed E-state index contributed by atoms with van der Waals surface area (Å²) in [6.07, 6.45) is 1.36. The van der Waals surface area contributed by atoms with Crippen molar-refractivity contribution in [3.05, 3.63) is 65.2 Å². The Morgan fingerprint density at radius 1 is 1.25 bits per heavy atom. The fraction of sp³-hybridized carbons (Fsp3) is 0.125. The van der Waals surface area contributed by atoms with Crippen LogP contribution in [0.5, 0.6) is 0 Å². The van der Waals surface area contributed by atoms with Crippen LogP contribution in [0.3, 0.4) is 0 Å². The van der Waals surface area contributed by atoms with Gasteiger partial charge in [0.1, 0.15) is 0 Å². The number of benzene rings is 1. The Hall–Kier alpha value is -2.67. The summed E-state index contributed by atoms with van der Waals surface area (Å²) in [5.41, 5.74) is 1.74. The van der Waals surface area contributed by atoms with Crippen LogP contribution >= 0.6 is 0 Å². The second-order valence-corrected chi connectivity index (χ2v) is 3.92. The van der Waals surface area contributed by atoms with E-state index in [1.54, 1.807) is 37.3 Å². The molecule has 0 unspecified atom stereocenters. The summed E-state index contributed by atoms with van der Waals surface area (Å²) in [6.45, 7) is 2.08. The van der Waals surface area contributed by atoms with Crippen molar-refractivity contribution in [3.8, 4) is 11.8 Å². The zero-order valence-corrected chi connectivity index (χ0v) is 10.9. The topological polar surface area (TPSA) is 39.2 Å². The number of halogens is 1. The Kier molecular flexibility index (Phi) is 4.46. The Labute approximate surface area is 116 Å². The minimum Gasteiger partial charge on any atom is -0.462 e. The van der Waals surface area contributed by atoms with Crippen molar-refractivity contribution in [2.75, 3.05) is 6.61 Å². The predicted molar refractivity (Wildman–Crippen MR) is 72.6 cm³/mol. The van der Waals surface area contributed by atoms with E-state index in [2.05, 4.69) is 16.8 Å². The van der Waals surface area contributed by atoms with Crippen LogP contribution < -0.4 is 0 Å². The van der Waals surface area contributed by atoms with E-state index in [1.165, 1.54) is 12.3 Å². The van der Waals surface area contributed by atoms with E-state index < -0.39 is 5.95 Å². The molecular weight excluding hydrogens is 257 g/mol. The van der Waals surface area contributed by atoms with Gasteiger partial charge in [-0.1, -0.05) is 17.9 Å². The van der Waals surface area contributed by atoms with E-state index in [0.717, 1.165) is 0 Å². The number of hydrogen-bond acceptors (Lipinski definition) is 3. The van der Waals surface area contributed by atoms with Crippen LogP contribution in [0.15, 0.2) is 42.6 Å². The summed E-state index contributed by atoms with van der Waals surface area (Å²) < 4.78 is 17.6. The average Bonchev–Trinajstić information content (AvgIpc) is 2.47. The maximum Gasteiger partial charge on any atom is 0.338 e. The van der Waals surface area contributed by atoms with Crippen molar-refractivity contribution in [3.63, 3.8) is 0 Å². The SMILES string of the molecule is CCOC(=O)c1cccc(C#Cc2ccc(F)nc2)c1. The molecule has 0 atom stereocenters. The number of hydrogen-bond donors (Lipinski definition) is 0. The quantitative estimate of drug-likeness (QED) is 0.478. The number of aromatic nitrogens is 1. The molecule has 4 heteroatoms. The first-order valence-corrected chi connectivity index (χ1v) is 6.10. The molecule has 0 saturated heterocycles. The van der Waals surface area contributed by atoms with Crippen molar-refractivity contribution in [1.82, 2.24) is 4.98 Å². The van der Waals surface area contributed by atoms with Crippen molar-refractivity contribution in [2.45, 2.75) is 6.92 Å². The highest BCUT2D eigenvalue weighted by Gasteiger charge is 2.05. The van der Waals surface area contributed by atoms with Crippen LogP contribution in [0, 0.1) is 17.8 Å². The lowest BCUT2D eigenvalue weighted by Crippen LogP contribution is -2.04. The lowest BCUT2D eigenvalue weighted by molar-refractivity contribution is 0.0526. The molecule has 2 aromatic rings. The molecule has 0 radical (unpaired) electrons. The maximum atomic E-state index is 12.7. The van der Waals surface area contributed by atoms with E-state index in [-0.39, 0.29) is 5.97 Å². The smallest absolute Gasteiger partial charge is 0.338 e. The van der Waals surface area contributed by atoms with Gasteiger partial charge >= 0.3 is 5.97 Å². The number of carbonyl (C=O) groups is 1. The Bertz CT molecular complexity index is 669. The molecule has 0 saturated carbocycles. The van der Waals surface area contributed by atoms with Gasteiger partial charge in [0.2, 0.25) is 5.95 Å². The van der Waals surface area contributed by atoms with Crippen LogP contribution in [0.2, 0.25) is 0 Å². The molecule has 0 aliphatic carbocycles. The Morgan fingerprint density at radius 2 is 2.05 bits per heavy atom. The van der Waals surface area contributed by atoms with Crippen molar-refractivity contribution < 1.29 is 13.9 Å². The van der Waals surface area contributed by atoms with Crippen molar-refractivity contribution >= 4 is 5.97 Å². The largest absolute Gasteiger partial charge is 0.462 e. The van der Waals surface area contributed by atoms with Gasteiger partial charge in [0.15, 0.2) is 0 Å². The third kappa shape index (κ3) is 3.66. The molecule has 3 nitrogen and oxygen atoms in total. The predicted octanol–water partition coefficient (Wildman–Crippen LogP) is 2.80. The molecule has 0 amide bonds. The average molecular weight is 269 g/mol. The second-order valence-electron chi connectivity index (χ2n) is 3.92. The van der Waals surface area contributed by atoms with Gasteiger partial charge in [-0.05, 0) is 37.3 Å². The molecule has 100 valence electrons. The fourth-order valence-corrected chi connectivity index (χ4v) is 1.53. The van der Waals surface area contributed by atoms with Gasteiger partial charge in [-0.25, -0.2) is 9.78 Å². The molecule has 0 aliphatic rings. The van der Waals surface area contributed by atoms with Crippen LogP contribution in [0.25, 0.3) is 0 Å². The van der Waals surface area contributed by atoms with Crippen LogP contribution in [-0.4, -0.2) is 17.6 Å². The van der Waals surface area contributed by atoms with Gasteiger partial charge in [-0.3, -0.25) is 0 Å². The summed E-state index contributed by atoms with van der Waals surface area (Å²) >= 11 is 0. The van der Waals surface area contributed by atoms with Gasteiger partial charge in [0.05, 0.1) is 12.2 Å². The van der Waals surface area contributed by atoms with E-state index in [9.17, 15) is 9.18 Å². The number of pyridine rings is 1. The molecule has 0 N–H and O–H groups in total. The maximum absolute atomic E-state index is 12.7. The number of rotatable bonds is 2. The molecule has 0 aliphatic heterocycles. The van der Waals surface area contributed by atoms with Crippen LogP contribution in [0.1, 0.15) is 28.4 Å². The zero-order chi connectivity index (χ0) is 14.4. The molecular formula is C16H12FNO2. The molecule has 2 rings (SSSR count). The number of ether oxygens (including phenoxy) is 1. The van der Waals surface area contributed by atoms with E-state index >= 15 is 0 Å². The summed E-state index contributed by atoms with van der Waals surface area (Å²) in [5.74, 6) is 4.84. The lowest BCUT2D eigenvalue weighted by atomic mass is 10.1. The minimum absolute atomic E-state index is 0.329. The van der Waals surface area contributed by atoms with E-state index in [1.807, 2.05) is 0 Å². The summed E-state index contributed by atoms with van der Waals surface area (Å²) in [6, 6.07) is 9.64. The van der Waals surface area contributed by atoms with Crippen molar-refractivity contribution in [2.24, 2.45) is 0 Å². The Morgan fingerprint density at radius 3 is 2.75 bits per heavy atom. The zero-order valence-electron chi connectivity index (χ0n) is 10.9. The number of esters is 1. The first-order valence-electron chi connectivity index (χ1n) is 6.10. The van der Waals surface area contributed by atoms with Gasteiger partial charge in [0.25, 0.3) is 0 Å². The third-order valence-corrected chi connectivity index (χ3v) is 2.45. The van der Waals surface area contributed by atoms with Gasteiger partial charge in [0, 0.05) is 17.3 Å². The van der Waals surface area contributed by atoms with Crippen molar-refractivity contribution in [1.29, 1.82) is 0 Å². The van der Waals surface area contributed by atoms with Gasteiger partial charge in [-0.2, -0.15) is 4.39 Å². The second kappa shape index (κ2) is 6.48. The first kappa shape index (κ1) is 13.8. The summed E-state index contributed by atoms with van der Waals surface area (Å²) in [7, 11) is 0. The Balaban J connectivity index is 2.20. The molecule has 0 bridgehead atoms. The van der Waals surface area contributed by atoms with E-state index in [4.69, 9.17) is 4.74 Å². The molecule has 1 aromatic heterocycles. The van der Waals surface area contributed by atoms with Crippen LogP contribution in [0.4, 0.5) is 4.39 Å². The summed E-state index contributed by atoms with van der Waals surface area (Å²) in [4.78, 5) is 15.1. The lowest BCUT2D eigenvalue weighted by Gasteiger charge is -2.01. The molecule has 1 heterocycles.